The first-order valence-corrected chi connectivity index (χ1v) is 9.41. The normalized spacial score (nSPS) is 12.3. The van der Waals surface area contributed by atoms with Crippen LogP contribution < -0.4 is 5.32 Å². The molecular formula is C22H26ClNO3. The first-order valence-electron chi connectivity index (χ1n) is 9.04. The molecule has 0 spiro atoms. The molecule has 0 fully saturated rings. The Balaban J connectivity index is 2.22. The van der Waals surface area contributed by atoms with E-state index in [4.69, 9.17) is 16.3 Å². The van der Waals surface area contributed by atoms with E-state index < -0.39 is 6.04 Å². The van der Waals surface area contributed by atoms with Crippen LogP contribution in [-0.4, -0.2) is 18.5 Å². The molecule has 1 N–H and O–H groups in total. The second-order valence-electron chi connectivity index (χ2n) is 7.38. The van der Waals surface area contributed by atoms with Gasteiger partial charge in [0, 0.05) is 10.6 Å². The van der Waals surface area contributed by atoms with Gasteiger partial charge >= 0.3 is 5.97 Å². The number of carbonyl (C=O) groups excluding carboxylic acids is 2. The Labute approximate surface area is 165 Å². The predicted octanol–water partition coefficient (Wildman–Crippen LogP) is 5.06. The second-order valence-corrected chi connectivity index (χ2v) is 7.79. The molecule has 2 aromatic carbocycles. The molecule has 0 aliphatic rings. The Hall–Kier alpha value is -2.33. The molecule has 0 aliphatic heterocycles. The van der Waals surface area contributed by atoms with Gasteiger partial charge in [-0.25, -0.2) is 0 Å². The lowest BCUT2D eigenvalue weighted by Gasteiger charge is -2.21. The second kappa shape index (κ2) is 9.05. The topological polar surface area (TPSA) is 55.4 Å². The van der Waals surface area contributed by atoms with E-state index in [9.17, 15) is 9.59 Å². The molecule has 27 heavy (non-hydrogen) atoms. The lowest BCUT2D eigenvalue weighted by molar-refractivity contribution is -0.143. The fourth-order valence-electron chi connectivity index (χ4n) is 2.75. The Bertz CT molecular complexity index is 794. The monoisotopic (exact) mass is 387 g/mol. The number of ether oxygens (including phenoxy) is 1. The number of rotatable bonds is 6. The fraction of sp³-hybridized carbons (Fsp3) is 0.364. The number of nitrogens with one attached hydrogen (secondary N) is 1. The summed E-state index contributed by atoms with van der Waals surface area (Å²) < 4.78 is 5.04. The molecule has 1 atom stereocenters. The molecule has 2 rings (SSSR count). The van der Waals surface area contributed by atoms with Crippen LogP contribution in [0.3, 0.4) is 0 Å². The molecule has 0 aliphatic carbocycles. The largest absolute Gasteiger partial charge is 0.466 e. The molecule has 0 saturated heterocycles. The van der Waals surface area contributed by atoms with E-state index in [1.54, 1.807) is 37.3 Å². The zero-order valence-electron chi connectivity index (χ0n) is 16.2. The van der Waals surface area contributed by atoms with Crippen LogP contribution in [-0.2, 0) is 14.9 Å². The lowest BCUT2D eigenvalue weighted by atomic mass is 9.86. The molecule has 0 bridgehead atoms. The van der Waals surface area contributed by atoms with Crippen LogP contribution in [0.2, 0.25) is 5.02 Å². The minimum absolute atomic E-state index is 0.0129. The van der Waals surface area contributed by atoms with Gasteiger partial charge in [-0.1, -0.05) is 62.7 Å². The molecule has 0 unspecified atom stereocenters. The van der Waals surface area contributed by atoms with Crippen molar-refractivity contribution in [2.45, 2.75) is 45.6 Å². The van der Waals surface area contributed by atoms with Crippen LogP contribution in [0.25, 0.3) is 0 Å². The Morgan fingerprint density at radius 1 is 1.07 bits per heavy atom. The highest BCUT2D eigenvalue weighted by molar-refractivity contribution is 6.31. The third kappa shape index (κ3) is 5.83. The summed E-state index contributed by atoms with van der Waals surface area (Å²) in [6.45, 7) is 8.40. The molecule has 0 radical (unpaired) electrons. The predicted molar refractivity (Wildman–Crippen MR) is 108 cm³/mol. The fourth-order valence-corrected chi connectivity index (χ4v) is 3.01. The average molecular weight is 388 g/mol. The van der Waals surface area contributed by atoms with Crippen LogP contribution in [0.5, 0.6) is 0 Å². The summed E-state index contributed by atoms with van der Waals surface area (Å²) >= 11 is 6.28. The maximum Gasteiger partial charge on any atom is 0.308 e. The molecule has 1 amide bonds. The van der Waals surface area contributed by atoms with Gasteiger partial charge in [0.25, 0.3) is 5.91 Å². The van der Waals surface area contributed by atoms with E-state index >= 15 is 0 Å². The van der Waals surface area contributed by atoms with Crippen molar-refractivity contribution in [1.82, 2.24) is 5.32 Å². The Morgan fingerprint density at radius 2 is 1.70 bits per heavy atom. The number of hydrogen-bond acceptors (Lipinski definition) is 3. The smallest absolute Gasteiger partial charge is 0.308 e. The zero-order chi connectivity index (χ0) is 20.0. The number of esters is 1. The van der Waals surface area contributed by atoms with Crippen LogP contribution in [0.1, 0.15) is 61.6 Å². The van der Waals surface area contributed by atoms with Gasteiger partial charge in [-0.15, -0.1) is 0 Å². The first-order chi connectivity index (χ1) is 12.7. The number of hydrogen-bond donors (Lipinski definition) is 1. The quantitative estimate of drug-likeness (QED) is 0.704. The van der Waals surface area contributed by atoms with E-state index in [1.165, 1.54) is 0 Å². The van der Waals surface area contributed by atoms with Crippen molar-refractivity contribution in [2.75, 3.05) is 6.61 Å². The highest BCUT2D eigenvalue weighted by atomic mass is 35.5. The summed E-state index contributed by atoms with van der Waals surface area (Å²) in [5.41, 5.74) is 2.38. The average Bonchev–Trinajstić information content (AvgIpc) is 2.61. The van der Waals surface area contributed by atoms with E-state index in [0.717, 1.165) is 5.56 Å². The molecule has 2 aromatic rings. The summed E-state index contributed by atoms with van der Waals surface area (Å²) in [4.78, 5) is 24.7. The number of benzene rings is 2. The minimum Gasteiger partial charge on any atom is -0.466 e. The Kier molecular flexibility index (Phi) is 7.03. The standard InChI is InChI=1S/C22H26ClNO3/c1-5-27-20(25)14-19(17-8-6-7-9-18(17)23)24-21(26)15-10-12-16(13-11-15)22(2,3)4/h6-13,19H,5,14H2,1-4H3,(H,24,26)/t19-/m0/s1. The van der Waals surface area contributed by atoms with Crippen LogP contribution in [0.4, 0.5) is 0 Å². The molecule has 0 aromatic heterocycles. The molecule has 5 heteroatoms. The lowest BCUT2D eigenvalue weighted by Crippen LogP contribution is -2.31. The van der Waals surface area contributed by atoms with E-state index in [-0.39, 0.29) is 30.3 Å². The summed E-state index contributed by atoms with van der Waals surface area (Å²) in [5, 5.41) is 3.41. The van der Waals surface area contributed by atoms with Gasteiger partial charge in [0.15, 0.2) is 0 Å². The number of carbonyl (C=O) groups is 2. The van der Waals surface area contributed by atoms with Crippen molar-refractivity contribution in [1.29, 1.82) is 0 Å². The molecule has 144 valence electrons. The maximum absolute atomic E-state index is 12.7. The van der Waals surface area contributed by atoms with Gasteiger partial charge < -0.3 is 10.1 Å². The first kappa shape index (κ1) is 21.0. The van der Waals surface area contributed by atoms with Crippen molar-refractivity contribution < 1.29 is 14.3 Å². The minimum atomic E-state index is -0.562. The van der Waals surface area contributed by atoms with Gasteiger partial charge in [0.1, 0.15) is 0 Å². The number of amides is 1. The third-order valence-electron chi connectivity index (χ3n) is 4.28. The summed E-state index contributed by atoms with van der Waals surface area (Å²) in [6.07, 6.45) is 0.0173. The van der Waals surface area contributed by atoms with Gasteiger partial charge in [0.2, 0.25) is 0 Å². The van der Waals surface area contributed by atoms with Crippen molar-refractivity contribution in [3.8, 4) is 0 Å². The van der Waals surface area contributed by atoms with Crippen molar-refractivity contribution >= 4 is 23.5 Å². The van der Waals surface area contributed by atoms with Crippen LogP contribution in [0.15, 0.2) is 48.5 Å². The molecule has 4 nitrogen and oxygen atoms in total. The highest BCUT2D eigenvalue weighted by Crippen LogP contribution is 2.26. The van der Waals surface area contributed by atoms with Crippen LogP contribution in [0, 0.1) is 0 Å². The maximum atomic E-state index is 12.7. The van der Waals surface area contributed by atoms with Crippen LogP contribution >= 0.6 is 11.6 Å². The van der Waals surface area contributed by atoms with Gasteiger partial charge in [0.05, 0.1) is 19.1 Å². The summed E-state index contributed by atoms with van der Waals surface area (Å²) in [5.74, 6) is -0.643. The van der Waals surface area contributed by atoms with E-state index in [2.05, 4.69) is 26.1 Å². The van der Waals surface area contributed by atoms with Crippen molar-refractivity contribution in [2.24, 2.45) is 0 Å². The summed E-state index contributed by atoms with van der Waals surface area (Å²) in [7, 11) is 0. The van der Waals surface area contributed by atoms with Crippen molar-refractivity contribution in [3.63, 3.8) is 0 Å². The molecule has 0 saturated carbocycles. The van der Waals surface area contributed by atoms with E-state index in [1.807, 2.05) is 18.2 Å². The summed E-state index contributed by atoms with van der Waals surface area (Å²) in [6, 6.07) is 14.1. The SMILES string of the molecule is CCOC(=O)C[C@H](NC(=O)c1ccc(C(C)(C)C)cc1)c1ccccc1Cl. The van der Waals surface area contributed by atoms with Gasteiger partial charge in [-0.05, 0) is 41.7 Å². The zero-order valence-corrected chi connectivity index (χ0v) is 17.0. The highest BCUT2D eigenvalue weighted by Gasteiger charge is 2.22. The molecular weight excluding hydrogens is 362 g/mol. The van der Waals surface area contributed by atoms with E-state index in [0.29, 0.717) is 16.1 Å². The third-order valence-corrected chi connectivity index (χ3v) is 4.62. The van der Waals surface area contributed by atoms with Crippen molar-refractivity contribution in [3.05, 3.63) is 70.2 Å². The number of halogens is 1. The Morgan fingerprint density at radius 3 is 2.26 bits per heavy atom. The molecule has 0 heterocycles. The van der Waals surface area contributed by atoms with Gasteiger partial charge in [-0.3, -0.25) is 9.59 Å². The van der Waals surface area contributed by atoms with Gasteiger partial charge in [-0.2, -0.15) is 0 Å².